The van der Waals surface area contributed by atoms with Gasteiger partial charge in [0.15, 0.2) is 0 Å². The zero-order valence-corrected chi connectivity index (χ0v) is 19.5. The van der Waals surface area contributed by atoms with Crippen molar-refractivity contribution in [3.63, 3.8) is 0 Å². The summed E-state index contributed by atoms with van der Waals surface area (Å²) < 4.78 is 27.6. The third-order valence-electron chi connectivity index (χ3n) is 6.88. The number of benzene rings is 2. The van der Waals surface area contributed by atoms with E-state index in [-0.39, 0.29) is 35.5 Å². The fourth-order valence-corrected chi connectivity index (χ4v) is 6.59. The standard InChI is InChI=1S/C24H29N3O5S/c1-18-7-8-22(27(29)30)17-23(18)33(31,32)26-15-11-21(12-16-26)24(28)25-13-9-20(10-14-25)19-5-3-2-4-6-19/h2-8,17,20-21H,9-16H2,1H3. The smallest absolute Gasteiger partial charge is 0.270 e. The van der Waals surface area contributed by atoms with E-state index in [0.29, 0.717) is 24.3 Å². The number of nitro benzene ring substituents is 1. The first-order chi connectivity index (χ1) is 15.8. The van der Waals surface area contributed by atoms with Gasteiger partial charge in [-0.3, -0.25) is 14.9 Å². The minimum absolute atomic E-state index is 0.0375. The van der Waals surface area contributed by atoms with Crippen LogP contribution in [-0.2, 0) is 14.8 Å². The van der Waals surface area contributed by atoms with Gasteiger partial charge in [-0.15, -0.1) is 0 Å². The van der Waals surface area contributed by atoms with Crippen LogP contribution in [0.5, 0.6) is 0 Å². The Hall–Kier alpha value is -2.78. The molecule has 0 spiro atoms. The molecule has 0 radical (unpaired) electrons. The fraction of sp³-hybridized carbons (Fsp3) is 0.458. The third-order valence-corrected chi connectivity index (χ3v) is 8.92. The normalized spacial score (nSPS) is 18.9. The first-order valence-electron chi connectivity index (χ1n) is 11.4. The summed E-state index contributed by atoms with van der Waals surface area (Å²) in [6.45, 7) is 3.56. The number of hydrogen-bond donors (Lipinski definition) is 0. The zero-order valence-electron chi connectivity index (χ0n) is 18.7. The van der Waals surface area contributed by atoms with Crippen molar-refractivity contribution in [2.45, 2.75) is 43.4 Å². The molecular weight excluding hydrogens is 442 g/mol. The second kappa shape index (κ2) is 9.61. The molecule has 0 atom stereocenters. The van der Waals surface area contributed by atoms with Gasteiger partial charge in [-0.1, -0.05) is 36.4 Å². The van der Waals surface area contributed by atoms with Gasteiger partial charge in [0.1, 0.15) is 0 Å². The molecule has 2 aromatic carbocycles. The van der Waals surface area contributed by atoms with Crippen LogP contribution in [0.15, 0.2) is 53.4 Å². The number of hydrogen-bond acceptors (Lipinski definition) is 5. The first kappa shape index (κ1) is 23.4. The molecule has 0 bridgehead atoms. The molecule has 8 nitrogen and oxygen atoms in total. The Bertz CT molecular complexity index is 1120. The molecule has 4 rings (SSSR count). The highest BCUT2D eigenvalue weighted by Crippen LogP contribution is 2.31. The molecule has 2 heterocycles. The number of nitrogens with zero attached hydrogens (tertiary/aromatic N) is 3. The van der Waals surface area contributed by atoms with Crippen LogP contribution < -0.4 is 0 Å². The molecule has 2 aliphatic rings. The lowest BCUT2D eigenvalue weighted by molar-refractivity contribution is -0.385. The Morgan fingerprint density at radius 1 is 0.970 bits per heavy atom. The monoisotopic (exact) mass is 471 g/mol. The molecular formula is C24H29N3O5S. The van der Waals surface area contributed by atoms with Crippen molar-refractivity contribution in [2.24, 2.45) is 5.92 Å². The highest BCUT2D eigenvalue weighted by molar-refractivity contribution is 7.89. The molecule has 176 valence electrons. The van der Waals surface area contributed by atoms with Crippen molar-refractivity contribution in [3.8, 4) is 0 Å². The van der Waals surface area contributed by atoms with E-state index in [1.165, 1.54) is 22.0 Å². The van der Waals surface area contributed by atoms with Crippen LogP contribution in [0.2, 0.25) is 0 Å². The van der Waals surface area contributed by atoms with Crippen molar-refractivity contribution < 1.29 is 18.1 Å². The molecule has 2 aliphatic heterocycles. The number of non-ortho nitro benzene ring substituents is 1. The predicted molar refractivity (Wildman–Crippen MR) is 124 cm³/mol. The number of carbonyl (C=O) groups is 1. The number of aryl methyl sites for hydroxylation is 1. The quantitative estimate of drug-likeness (QED) is 0.489. The minimum Gasteiger partial charge on any atom is -0.342 e. The molecule has 9 heteroatoms. The molecule has 0 unspecified atom stereocenters. The highest BCUT2D eigenvalue weighted by atomic mass is 32.2. The van der Waals surface area contributed by atoms with Crippen LogP contribution in [0.3, 0.4) is 0 Å². The lowest BCUT2D eigenvalue weighted by Crippen LogP contribution is -2.46. The number of rotatable bonds is 5. The number of nitro groups is 1. The van der Waals surface area contributed by atoms with Crippen molar-refractivity contribution in [1.82, 2.24) is 9.21 Å². The summed E-state index contributed by atoms with van der Waals surface area (Å²) in [4.78, 5) is 25.5. The van der Waals surface area contributed by atoms with Crippen LogP contribution >= 0.6 is 0 Å². The maximum Gasteiger partial charge on any atom is 0.270 e. The Morgan fingerprint density at radius 3 is 2.21 bits per heavy atom. The Balaban J connectivity index is 1.36. The van der Waals surface area contributed by atoms with Gasteiger partial charge in [-0.05, 0) is 49.7 Å². The average molecular weight is 472 g/mol. The van der Waals surface area contributed by atoms with Gasteiger partial charge >= 0.3 is 0 Å². The van der Waals surface area contributed by atoms with Gasteiger partial charge in [0.2, 0.25) is 15.9 Å². The number of amides is 1. The van der Waals surface area contributed by atoms with Gasteiger partial charge in [0, 0.05) is 44.2 Å². The first-order valence-corrected chi connectivity index (χ1v) is 12.8. The van der Waals surface area contributed by atoms with Crippen LogP contribution in [-0.4, -0.2) is 54.6 Å². The molecule has 2 fully saturated rings. The molecule has 0 aliphatic carbocycles. The summed E-state index contributed by atoms with van der Waals surface area (Å²) in [5.41, 5.74) is 1.54. The summed E-state index contributed by atoms with van der Waals surface area (Å²) in [5.74, 6) is 0.404. The molecule has 0 N–H and O–H groups in total. The minimum atomic E-state index is -3.86. The van der Waals surface area contributed by atoms with E-state index in [2.05, 4.69) is 12.1 Å². The zero-order chi connectivity index (χ0) is 23.6. The van der Waals surface area contributed by atoms with Crippen LogP contribution in [0.25, 0.3) is 0 Å². The van der Waals surface area contributed by atoms with Gasteiger partial charge in [0.05, 0.1) is 9.82 Å². The second-order valence-electron chi connectivity index (χ2n) is 8.90. The van der Waals surface area contributed by atoms with Crippen LogP contribution in [0, 0.1) is 23.0 Å². The topological polar surface area (TPSA) is 101 Å². The molecule has 0 saturated carbocycles. The summed E-state index contributed by atoms with van der Waals surface area (Å²) >= 11 is 0. The third kappa shape index (κ3) is 4.94. The van der Waals surface area contributed by atoms with E-state index >= 15 is 0 Å². The number of sulfonamides is 1. The Labute approximate surface area is 194 Å². The molecule has 2 aromatic rings. The van der Waals surface area contributed by atoms with Crippen molar-refractivity contribution in [1.29, 1.82) is 0 Å². The van der Waals surface area contributed by atoms with Gasteiger partial charge in [0.25, 0.3) is 5.69 Å². The SMILES string of the molecule is Cc1ccc([N+](=O)[O-])cc1S(=O)(=O)N1CCC(C(=O)N2CCC(c3ccccc3)CC2)CC1. The molecule has 33 heavy (non-hydrogen) atoms. The summed E-state index contributed by atoms with van der Waals surface area (Å²) in [7, 11) is -3.86. The second-order valence-corrected chi connectivity index (χ2v) is 10.8. The maximum absolute atomic E-state index is 13.1. The van der Waals surface area contributed by atoms with Gasteiger partial charge < -0.3 is 4.90 Å². The molecule has 1 amide bonds. The van der Waals surface area contributed by atoms with E-state index in [1.54, 1.807) is 6.92 Å². The number of likely N-dealkylation sites (tertiary alicyclic amines) is 1. The molecule has 0 aromatic heterocycles. The van der Waals surface area contributed by atoms with E-state index in [1.807, 2.05) is 23.1 Å². The average Bonchev–Trinajstić information content (AvgIpc) is 2.84. The lowest BCUT2D eigenvalue weighted by Gasteiger charge is -2.37. The van der Waals surface area contributed by atoms with Crippen molar-refractivity contribution in [3.05, 3.63) is 69.8 Å². The number of carbonyl (C=O) groups excluding carboxylic acids is 1. The Morgan fingerprint density at radius 2 is 1.61 bits per heavy atom. The van der Waals surface area contributed by atoms with Crippen LogP contribution in [0.1, 0.15) is 42.7 Å². The number of piperidine rings is 2. The fourth-order valence-electron chi connectivity index (χ4n) is 4.88. The van der Waals surface area contributed by atoms with Crippen LogP contribution in [0.4, 0.5) is 5.69 Å². The Kier molecular flexibility index (Phi) is 6.81. The maximum atomic E-state index is 13.1. The highest BCUT2D eigenvalue weighted by Gasteiger charge is 2.36. The van der Waals surface area contributed by atoms with Crippen molar-refractivity contribution in [2.75, 3.05) is 26.2 Å². The van der Waals surface area contributed by atoms with E-state index < -0.39 is 14.9 Å². The summed E-state index contributed by atoms with van der Waals surface area (Å²) in [6, 6.07) is 14.3. The summed E-state index contributed by atoms with van der Waals surface area (Å²) in [5, 5.41) is 11.1. The van der Waals surface area contributed by atoms with Gasteiger partial charge in [-0.2, -0.15) is 4.31 Å². The molecule has 2 saturated heterocycles. The lowest BCUT2D eigenvalue weighted by atomic mass is 9.88. The van der Waals surface area contributed by atoms with E-state index in [4.69, 9.17) is 0 Å². The van der Waals surface area contributed by atoms with E-state index in [9.17, 15) is 23.3 Å². The predicted octanol–water partition coefficient (Wildman–Crippen LogP) is 3.71. The van der Waals surface area contributed by atoms with Gasteiger partial charge in [-0.25, -0.2) is 8.42 Å². The van der Waals surface area contributed by atoms with E-state index in [0.717, 1.165) is 32.0 Å². The summed E-state index contributed by atoms with van der Waals surface area (Å²) in [6.07, 6.45) is 2.80. The largest absolute Gasteiger partial charge is 0.342 e. The van der Waals surface area contributed by atoms with Crippen molar-refractivity contribution >= 4 is 21.6 Å².